The Balaban J connectivity index is 0.000000191. The van der Waals surface area contributed by atoms with Crippen LogP contribution in [0.4, 0.5) is 15.8 Å². The molecule has 0 bridgehead atoms. The van der Waals surface area contributed by atoms with Gasteiger partial charge in [0.25, 0.3) is 5.91 Å². The number of nitrogens with zero attached hydrogens (tertiary/aromatic N) is 4. The van der Waals surface area contributed by atoms with Crippen molar-refractivity contribution >= 4 is 17.3 Å². The van der Waals surface area contributed by atoms with E-state index in [1.165, 1.54) is 127 Å². The molecule has 0 unspecified atom stereocenters. The zero-order valence-corrected chi connectivity index (χ0v) is 30.8. The molecule has 49 heavy (non-hydrogen) atoms. The molecule has 4 aliphatic rings. The van der Waals surface area contributed by atoms with Crippen molar-refractivity contribution in [3.05, 3.63) is 47.8 Å². The van der Waals surface area contributed by atoms with E-state index in [4.69, 9.17) is 9.47 Å². The highest BCUT2D eigenvalue weighted by Crippen LogP contribution is 2.34. The monoisotopic (exact) mass is 678 g/mol. The number of anilines is 2. The minimum Gasteiger partial charge on any atom is -0.490 e. The fraction of sp³-hybridized carbons (Fsp3) is 0.683. The van der Waals surface area contributed by atoms with Gasteiger partial charge >= 0.3 is 0 Å². The van der Waals surface area contributed by atoms with E-state index < -0.39 is 0 Å². The topological polar surface area (TPSA) is 48.5 Å². The molecular weight excluding hydrogens is 615 g/mol. The van der Waals surface area contributed by atoms with E-state index in [1.807, 2.05) is 0 Å². The van der Waals surface area contributed by atoms with Gasteiger partial charge in [-0.3, -0.25) is 4.79 Å². The molecule has 0 aromatic heterocycles. The van der Waals surface area contributed by atoms with Crippen LogP contribution in [0.5, 0.6) is 11.5 Å². The van der Waals surface area contributed by atoms with Gasteiger partial charge in [-0.25, -0.2) is 4.39 Å². The van der Waals surface area contributed by atoms with Gasteiger partial charge in [-0.2, -0.15) is 0 Å². The third-order valence-corrected chi connectivity index (χ3v) is 11.0. The first-order valence-electron chi connectivity index (χ1n) is 19.6. The van der Waals surface area contributed by atoms with Crippen LogP contribution < -0.4 is 19.3 Å². The summed E-state index contributed by atoms with van der Waals surface area (Å²) < 4.78 is 24.5. The maximum Gasteiger partial charge on any atom is 0.265 e. The fourth-order valence-electron chi connectivity index (χ4n) is 7.96. The number of carbonyl (C=O) groups is 1. The second-order valence-corrected chi connectivity index (χ2v) is 14.8. The molecule has 2 saturated heterocycles. The second-order valence-electron chi connectivity index (χ2n) is 14.8. The highest BCUT2D eigenvalue weighted by Gasteiger charge is 2.26. The lowest BCUT2D eigenvalue weighted by molar-refractivity contribution is -0.121. The number of rotatable bonds is 14. The van der Waals surface area contributed by atoms with Crippen molar-refractivity contribution < 1.29 is 18.7 Å². The highest BCUT2D eigenvalue weighted by atomic mass is 19.1. The number of carbonyl (C=O) groups excluding carboxylic acids is 1. The molecule has 4 aliphatic heterocycles. The van der Waals surface area contributed by atoms with Gasteiger partial charge in [0.2, 0.25) is 0 Å². The number of piperidine rings is 2. The number of aryl methyl sites for hydroxylation is 1. The number of halogens is 1. The Hall–Kier alpha value is -2.84. The minimum absolute atomic E-state index is 0.000718. The number of hydrogen-bond acceptors (Lipinski definition) is 6. The van der Waals surface area contributed by atoms with Crippen molar-refractivity contribution in [3.8, 4) is 11.5 Å². The van der Waals surface area contributed by atoms with Gasteiger partial charge in [-0.1, -0.05) is 58.4 Å². The quantitative estimate of drug-likeness (QED) is 0.200. The lowest BCUT2D eigenvalue weighted by Crippen LogP contribution is -2.41. The number of hydrogen-bond donors (Lipinski definition) is 0. The summed E-state index contributed by atoms with van der Waals surface area (Å²) in [5, 5.41) is 0. The Kier molecular flexibility index (Phi) is 14.9. The predicted molar refractivity (Wildman–Crippen MR) is 200 cm³/mol. The van der Waals surface area contributed by atoms with Crippen LogP contribution in [0.3, 0.4) is 0 Å². The average molecular weight is 679 g/mol. The van der Waals surface area contributed by atoms with Gasteiger partial charge in [0.05, 0.1) is 17.9 Å². The average Bonchev–Trinajstić information content (AvgIpc) is 3.12. The summed E-state index contributed by atoms with van der Waals surface area (Å²) in [6, 6.07) is 10.9. The van der Waals surface area contributed by atoms with Crippen molar-refractivity contribution in [1.82, 2.24) is 9.80 Å². The number of benzene rings is 2. The molecule has 0 spiro atoms. The van der Waals surface area contributed by atoms with E-state index in [0.29, 0.717) is 18.0 Å². The summed E-state index contributed by atoms with van der Waals surface area (Å²) in [6.45, 7) is 17.6. The van der Waals surface area contributed by atoms with Crippen molar-refractivity contribution in [3.63, 3.8) is 0 Å². The van der Waals surface area contributed by atoms with Crippen LogP contribution in [0.1, 0.15) is 96.5 Å². The van der Waals surface area contributed by atoms with Gasteiger partial charge in [0.15, 0.2) is 6.61 Å². The molecule has 7 nitrogen and oxygen atoms in total. The number of fused-ring (bicyclic) bond motifs is 2. The van der Waals surface area contributed by atoms with Crippen LogP contribution in [-0.4, -0.2) is 87.8 Å². The third-order valence-electron chi connectivity index (χ3n) is 11.0. The predicted octanol–water partition coefficient (Wildman–Crippen LogP) is 8.33. The van der Waals surface area contributed by atoms with Gasteiger partial charge in [-0.15, -0.1) is 0 Å². The Labute approximate surface area is 296 Å². The Bertz CT molecular complexity index is 1290. The first kappa shape index (κ1) is 37.4. The first-order chi connectivity index (χ1) is 23.9. The molecule has 0 atom stereocenters. The largest absolute Gasteiger partial charge is 0.490 e. The lowest BCUT2D eigenvalue weighted by Gasteiger charge is -2.34. The SMILES string of the molecule is CCCCC1CCN(CCCN2C(=O)COc3cc(F)ccc32)CC1.CCCCC1CCN(CCCN2CCOc3ccc(C)cc32)CC1. The van der Waals surface area contributed by atoms with Crippen LogP contribution in [0.15, 0.2) is 36.4 Å². The van der Waals surface area contributed by atoms with Crippen LogP contribution in [0.2, 0.25) is 0 Å². The number of unbranched alkanes of at least 4 members (excludes halogenated alkanes) is 2. The second kappa shape index (κ2) is 19.5. The summed E-state index contributed by atoms with van der Waals surface area (Å²) in [7, 11) is 0. The summed E-state index contributed by atoms with van der Waals surface area (Å²) >= 11 is 0. The molecule has 2 aromatic rings. The van der Waals surface area contributed by atoms with E-state index >= 15 is 0 Å². The van der Waals surface area contributed by atoms with Crippen molar-refractivity contribution in [1.29, 1.82) is 0 Å². The molecule has 0 saturated carbocycles. The zero-order valence-electron chi connectivity index (χ0n) is 30.8. The maximum atomic E-state index is 13.3. The molecular formula is C41H63FN4O3. The third kappa shape index (κ3) is 11.3. The van der Waals surface area contributed by atoms with Crippen molar-refractivity contribution in [2.45, 2.75) is 97.8 Å². The van der Waals surface area contributed by atoms with Gasteiger partial charge in [-0.05, 0) is 126 Å². The Morgan fingerprint density at radius 1 is 0.694 bits per heavy atom. The smallest absolute Gasteiger partial charge is 0.265 e. The normalized spacial score (nSPS) is 19.1. The molecule has 2 fully saturated rings. The van der Waals surface area contributed by atoms with E-state index in [9.17, 15) is 9.18 Å². The fourth-order valence-corrected chi connectivity index (χ4v) is 7.96. The van der Waals surface area contributed by atoms with E-state index in [0.717, 1.165) is 50.2 Å². The lowest BCUT2D eigenvalue weighted by atomic mass is 9.91. The molecule has 8 heteroatoms. The number of ether oxygens (including phenoxy) is 2. The zero-order chi connectivity index (χ0) is 34.4. The van der Waals surface area contributed by atoms with E-state index in [1.54, 1.807) is 11.0 Å². The van der Waals surface area contributed by atoms with E-state index in [2.05, 4.69) is 53.7 Å². The van der Waals surface area contributed by atoms with Crippen LogP contribution in [-0.2, 0) is 4.79 Å². The van der Waals surface area contributed by atoms with Gasteiger partial charge in [0.1, 0.15) is 23.9 Å². The van der Waals surface area contributed by atoms with Crippen molar-refractivity contribution in [2.24, 2.45) is 11.8 Å². The summed E-state index contributed by atoms with van der Waals surface area (Å²) in [4.78, 5) is 21.6. The van der Waals surface area contributed by atoms with E-state index in [-0.39, 0.29) is 18.3 Å². The van der Waals surface area contributed by atoms with Crippen LogP contribution in [0, 0.1) is 24.6 Å². The number of amides is 1. The standard InChI is InChI=1S/C21H34N2O.C20H29FN2O2/c1-3-4-6-19-9-13-22(14-10-19)11-5-12-23-15-16-24-21-8-7-18(2)17-20(21)23;1-2-3-5-16-8-12-22(13-9-16)10-4-11-23-18-7-6-17(21)14-19(18)25-15-20(23)24/h7-8,17,19H,3-6,9-16H2,1-2H3;6-7,14,16H,2-5,8-13,15H2,1H3. The molecule has 0 N–H and O–H groups in total. The molecule has 2 aromatic carbocycles. The van der Waals surface area contributed by atoms with Gasteiger partial charge < -0.3 is 29.1 Å². The van der Waals surface area contributed by atoms with Gasteiger partial charge in [0, 0.05) is 19.2 Å². The molecule has 4 heterocycles. The molecule has 0 aliphatic carbocycles. The van der Waals surface area contributed by atoms with Crippen molar-refractivity contribution in [2.75, 3.05) is 81.9 Å². The molecule has 272 valence electrons. The summed E-state index contributed by atoms with van der Waals surface area (Å²) in [5.74, 6) is 3.05. The molecule has 0 radical (unpaired) electrons. The molecule has 6 rings (SSSR count). The highest BCUT2D eigenvalue weighted by molar-refractivity contribution is 5.97. The van der Waals surface area contributed by atoms with Crippen LogP contribution in [0.25, 0.3) is 0 Å². The summed E-state index contributed by atoms with van der Waals surface area (Å²) in [5.41, 5.74) is 3.30. The van der Waals surface area contributed by atoms with Crippen LogP contribution >= 0.6 is 0 Å². The Morgan fingerprint density at radius 2 is 1.33 bits per heavy atom. The maximum absolute atomic E-state index is 13.3. The minimum atomic E-state index is -0.334. The summed E-state index contributed by atoms with van der Waals surface area (Å²) in [6.07, 6.45) is 15.9. The Morgan fingerprint density at radius 3 is 1.96 bits per heavy atom. The first-order valence-corrected chi connectivity index (χ1v) is 19.6. The number of likely N-dealkylation sites (tertiary alicyclic amines) is 2. The molecule has 1 amide bonds.